The largest absolute Gasteiger partial charge is 0.492 e. The summed E-state index contributed by atoms with van der Waals surface area (Å²) >= 11 is 0. The van der Waals surface area contributed by atoms with Gasteiger partial charge in [-0.15, -0.1) is 0 Å². The van der Waals surface area contributed by atoms with Crippen LogP contribution in [-0.2, 0) is 11.8 Å². The predicted octanol–water partition coefficient (Wildman–Crippen LogP) is 4.70. The summed E-state index contributed by atoms with van der Waals surface area (Å²) in [5.41, 5.74) is 2.80. The van der Waals surface area contributed by atoms with Gasteiger partial charge in [-0.25, -0.2) is 0 Å². The van der Waals surface area contributed by atoms with Gasteiger partial charge in [-0.1, -0.05) is 53.7 Å². The molecular formula is C19H33NO. The van der Waals surface area contributed by atoms with Crippen LogP contribution in [0.4, 0.5) is 0 Å². The maximum atomic E-state index is 6.04. The van der Waals surface area contributed by atoms with Gasteiger partial charge < -0.3 is 10.1 Å². The van der Waals surface area contributed by atoms with Crippen molar-refractivity contribution in [2.75, 3.05) is 13.2 Å². The predicted molar refractivity (Wildman–Crippen MR) is 92.4 cm³/mol. The molecule has 0 fully saturated rings. The van der Waals surface area contributed by atoms with Crippen molar-refractivity contribution in [2.24, 2.45) is 0 Å². The van der Waals surface area contributed by atoms with E-state index in [-0.39, 0.29) is 5.41 Å². The summed E-state index contributed by atoms with van der Waals surface area (Å²) in [6.07, 6.45) is 3.42. The van der Waals surface area contributed by atoms with Gasteiger partial charge in [0.1, 0.15) is 12.4 Å². The van der Waals surface area contributed by atoms with Crippen molar-refractivity contribution in [3.05, 3.63) is 29.3 Å². The van der Waals surface area contributed by atoms with Gasteiger partial charge in [0.15, 0.2) is 0 Å². The summed E-state index contributed by atoms with van der Waals surface area (Å²) in [6, 6.07) is 7.22. The lowest BCUT2D eigenvalue weighted by molar-refractivity contribution is 0.295. The first-order valence-corrected chi connectivity index (χ1v) is 8.41. The van der Waals surface area contributed by atoms with E-state index in [1.54, 1.807) is 0 Å². The molecule has 2 heteroatoms. The third kappa shape index (κ3) is 5.70. The Bertz CT molecular complexity index is 416. The number of ether oxygens (including phenoxy) is 1. The van der Waals surface area contributed by atoms with Crippen LogP contribution in [0.25, 0.3) is 0 Å². The summed E-state index contributed by atoms with van der Waals surface area (Å²) in [7, 11) is 0. The zero-order valence-electron chi connectivity index (χ0n) is 14.8. The van der Waals surface area contributed by atoms with Gasteiger partial charge in [-0.05, 0) is 41.9 Å². The summed E-state index contributed by atoms with van der Waals surface area (Å²) in [5, 5.41) is 3.55. The molecule has 2 nitrogen and oxygen atoms in total. The van der Waals surface area contributed by atoms with Crippen LogP contribution in [0.2, 0.25) is 0 Å². The highest BCUT2D eigenvalue weighted by Crippen LogP contribution is 2.32. The molecule has 1 N–H and O–H groups in total. The smallest absolute Gasteiger partial charge is 0.123 e. The second kappa shape index (κ2) is 8.43. The van der Waals surface area contributed by atoms with Crippen molar-refractivity contribution in [3.63, 3.8) is 0 Å². The molecule has 0 spiro atoms. The molecule has 120 valence electrons. The zero-order chi connectivity index (χ0) is 15.9. The van der Waals surface area contributed by atoms with Crippen LogP contribution >= 0.6 is 0 Å². The Morgan fingerprint density at radius 2 is 1.76 bits per heavy atom. The van der Waals surface area contributed by atoms with E-state index in [4.69, 9.17) is 4.74 Å². The van der Waals surface area contributed by atoms with Crippen molar-refractivity contribution >= 4 is 0 Å². The van der Waals surface area contributed by atoms with Crippen LogP contribution in [0.5, 0.6) is 5.75 Å². The molecule has 0 radical (unpaired) electrons. The van der Waals surface area contributed by atoms with E-state index in [0.29, 0.717) is 6.04 Å². The molecule has 0 atom stereocenters. The minimum absolute atomic E-state index is 0.114. The van der Waals surface area contributed by atoms with Crippen LogP contribution in [-0.4, -0.2) is 19.2 Å². The molecule has 0 saturated carbocycles. The zero-order valence-corrected chi connectivity index (χ0v) is 14.8. The first-order valence-electron chi connectivity index (χ1n) is 8.41. The molecule has 1 rings (SSSR count). The number of hydrogen-bond donors (Lipinski definition) is 1. The highest BCUT2D eigenvalue weighted by atomic mass is 16.5. The number of benzene rings is 1. The fraction of sp³-hybridized carbons (Fsp3) is 0.684. The fourth-order valence-corrected chi connectivity index (χ4v) is 2.51. The molecule has 0 aliphatic heterocycles. The van der Waals surface area contributed by atoms with E-state index >= 15 is 0 Å². The van der Waals surface area contributed by atoms with Gasteiger partial charge in [0.25, 0.3) is 0 Å². The Morgan fingerprint density at radius 3 is 2.29 bits per heavy atom. The van der Waals surface area contributed by atoms with Gasteiger partial charge in [0, 0.05) is 12.6 Å². The van der Waals surface area contributed by atoms with E-state index in [0.717, 1.165) is 25.3 Å². The van der Waals surface area contributed by atoms with Crippen molar-refractivity contribution in [3.8, 4) is 5.75 Å². The van der Waals surface area contributed by atoms with Gasteiger partial charge in [-0.3, -0.25) is 0 Å². The maximum Gasteiger partial charge on any atom is 0.123 e. The average Bonchev–Trinajstić information content (AvgIpc) is 2.46. The molecule has 0 unspecified atom stereocenters. The Kier molecular flexibility index (Phi) is 7.24. The number of aryl methyl sites for hydroxylation is 1. The average molecular weight is 291 g/mol. The third-order valence-corrected chi connectivity index (χ3v) is 4.04. The molecule has 0 bridgehead atoms. The topological polar surface area (TPSA) is 21.3 Å². The van der Waals surface area contributed by atoms with Gasteiger partial charge in [-0.2, -0.15) is 0 Å². The van der Waals surface area contributed by atoms with Crippen molar-refractivity contribution in [1.82, 2.24) is 5.32 Å². The quantitative estimate of drug-likeness (QED) is 0.701. The van der Waals surface area contributed by atoms with E-state index in [1.165, 1.54) is 24.0 Å². The van der Waals surface area contributed by atoms with Crippen LogP contribution in [0.15, 0.2) is 18.2 Å². The molecule has 0 heterocycles. The molecule has 0 saturated heterocycles. The second-order valence-corrected chi connectivity index (χ2v) is 6.75. The highest BCUT2D eigenvalue weighted by molar-refractivity contribution is 5.41. The Labute approximate surface area is 131 Å². The highest BCUT2D eigenvalue weighted by Gasteiger charge is 2.19. The van der Waals surface area contributed by atoms with E-state index in [1.807, 2.05) is 0 Å². The summed E-state index contributed by atoms with van der Waals surface area (Å²) in [5.74, 6) is 1.03. The van der Waals surface area contributed by atoms with Gasteiger partial charge in [0.05, 0.1) is 0 Å². The summed E-state index contributed by atoms with van der Waals surface area (Å²) in [6.45, 7) is 15.0. The first kappa shape index (κ1) is 18.0. The number of nitrogens with one attached hydrogen (secondary N) is 1. The van der Waals surface area contributed by atoms with Crippen molar-refractivity contribution < 1.29 is 4.74 Å². The van der Waals surface area contributed by atoms with Crippen LogP contribution in [0, 0.1) is 0 Å². The van der Waals surface area contributed by atoms with Crippen LogP contribution < -0.4 is 10.1 Å². The van der Waals surface area contributed by atoms with Crippen LogP contribution in [0.1, 0.15) is 65.5 Å². The number of rotatable bonds is 8. The van der Waals surface area contributed by atoms with Crippen molar-refractivity contribution in [2.45, 2.75) is 72.3 Å². The molecule has 0 aliphatic carbocycles. The Morgan fingerprint density at radius 1 is 1.10 bits per heavy atom. The van der Waals surface area contributed by atoms with E-state index in [9.17, 15) is 0 Å². The van der Waals surface area contributed by atoms with Gasteiger partial charge in [0.2, 0.25) is 0 Å². The number of hydrogen-bond acceptors (Lipinski definition) is 2. The van der Waals surface area contributed by atoms with Crippen molar-refractivity contribution in [1.29, 1.82) is 0 Å². The molecule has 1 aromatic rings. The minimum atomic E-state index is 0.114. The fourth-order valence-electron chi connectivity index (χ4n) is 2.51. The van der Waals surface area contributed by atoms with E-state index < -0.39 is 0 Å². The van der Waals surface area contributed by atoms with Gasteiger partial charge >= 0.3 is 0 Å². The summed E-state index contributed by atoms with van der Waals surface area (Å²) < 4.78 is 6.04. The first-order chi connectivity index (χ1) is 9.92. The lowest BCUT2D eigenvalue weighted by Crippen LogP contribution is -2.31. The Hall–Kier alpha value is -1.02. The van der Waals surface area contributed by atoms with E-state index in [2.05, 4.69) is 65.1 Å². The molecular weight excluding hydrogens is 258 g/mol. The molecule has 0 amide bonds. The molecule has 21 heavy (non-hydrogen) atoms. The maximum absolute atomic E-state index is 6.04. The van der Waals surface area contributed by atoms with Crippen LogP contribution in [0.3, 0.4) is 0 Å². The monoisotopic (exact) mass is 291 g/mol. The third-order valence-electron chi connectivity index (χ3n) is 4.04. The molecule has 0 aliphatic rings. The molecule has 1 aromatic carbocycles. The second-order valence-electron chi connectivity index (χ2n) is 6.75. The Balaban J connectivity index is 2.66. The SMILES string of the molecule is CCc1ccc(OCCNC(CC)CC)c(C(C)(C)C)c1. The minimum Gasteiger partial charge on any atom is -0.492 e. The summed E-state index contributed by atoms with van der Waals surface area (Å²) in [4.78, 5) is 0. The molecule has 0 aromatic heterocycles. The normalized spacial score (nSPS) is 12.0. The lowest BCUT2D eigenvalue weighted by atomic mass is 9.85. The lowest BCUT2D eigenvalue weighted by Gasteiger charge is -2.24. The standard InChI is InChI=1S/C19H33NO/c1-7-15-10-11-18(17(14-15)19(4,5)6)21-13-12-20-16(8-2)9-3/h10-11,14,16,20H,7-9,12-13H2,1-6H3.